The Morgan fingerprint density at radius 1 is 1.14 bits per heavy atom. The van der Waals surface area contributed by atoms with Gasteiger partial charge in [-0.05, 0) is 31.4 Å². The average molecular weight is 284 g/mol. The number of nitrogens with zero attached hydrogens (tertiary/aromatic N) is 1. The molecule has 0 saturated heterocycles. The number of benzene rings is 1. The molecule has 0 radical (unpaired) electrons. The smallest absolute Gasteiger partial charge is 0.306 e. The predicted molar refractivity (Wildman–Crippen MR) is 78.0 cm³/mol. The molecule has 21 heavy (non-hydrogen) atoms. The molecule has 1 aromatic carbocycles. The van der Waals surface area contributed by atoms with Crippen LogP contribution < -0.4 is 5.32 Å². The van der Waals surface area contributed by atoms with Crippen molar-refractivity contribution in [1.29, 1.82) is 0 Å². The number of para-hydroxylation sites is 1. The number of aliphatic carboxylic acids is 1. The lowest BCUT2D eigenvalue weighted by Crippen LogP contribution is -2.33. The van der Waals surface area contributed by atoms with Crippen LogP contribution >= 0.6 is 0 Å². The molecule has 0 aliphatic heterocycles. The van der Waals surface area contributed by atoms with Crippen molar-refractivity contribution in [1.82, 2.24) is 10.3 Å². The van der Waals surface area contributed by atoms with Crippen molar-refractivity contribution < 1.29 is 14.7 Å². The summed E-state index contributed by atoms with van der Waals surface area (Å²) in [7, 11) is 0. The summed E-state index contributed by atoms with van der Waals surface area (Å²) in [5, 5.41) is 12.8. The highest BCUT2D eigenvalue weighted by Gasteiger charge is 2.30. The minimum absolute atomic E-state index is 0.0770. The minimum atomic E-state index is -0.782. The molecule has 5 heteroatoms. The Morgan fingerprint density at radius 3 is 2.71 bits per heavy atom. The fourth-order valence-electron chi connectivity index (χ4n) is 2.79. The van der Waals surface area contributed by atoms with E-state index < -0.39 is 5.97 Å². The van der Waals surface area contributed by atoms with Gasteiger partial charge in [0.15, 0.2) is 0 Å². The Hall–Kier alpha value is -2.43. The summed E-state index contributed by atoms with van der Waals surface area (Å²) in [6, 6.07) is 11.1. The van der Waals surface area contributed by atoms with Gasteiger partial charge in [-0.1, -0.05) is 24.3 Å². The van der Waals surface area contributed by atoms with Gasteiger partial charge in [-0.15, -0.1) is 0 Å². The number of hydrogen-bond donors (Lipinski definition) is 2. The van der Waals surface area contributed by atoms with Gasteiger partial charge in [0.05, 0.1) is 11.4 Å². The topological polar surface area (TPSA) is 79.3 Å². The summed E-state index contributed by atoms with van der Waals surface area (Å²) in [4.78, 5) is 27.5. The zero-order chi connectivity index (χ0) is 14.8. The van der Waals surface area contributed by atoms with Crippen LogP contribution in [0.25, 0.3) is 10.9 Å². The number of fused-ring (bicyclic) bond motifs is 1. The summed E-state index contributed by atoms with van der Waals surface area (Å²) in [5.74, 6) is -1.37. The van der Waals surface area contributed by atoms with Crippen molar-refractivity contribution in [2.24, 2.45) is 5.92 Å². The maximum Gasteiger partial charge on any atom is 0.306 e. The average Bonchev–Trinajstić information content (AvgIpc) is 2.95. The predicted octanol–water partition coefficient (Wildman–Crippen LogP) is 2.22. The van der Waals surface area contributed by atoms with Gasteiger partial charge >= 0.3 is 5.97 Å². The Kier molecular flexibility index (Phi) is 3.56. The van der Waals surface area contributed by atoms with Crippen molar-refractivity contribution in [3.05, 3.63) is 42.1 Å². The van der Waals surface area contributed by atoms with E-state index in [1.165, 1.54) is 0 Å². The minimum Gasteiger partial charge on any atom is -0.481 e. The van der Waals surface area contributed by atoms with Gasteiger partial charge in [0.25, 0.3) is 5.91 Å². The second-order valence-electron chi connectivity index (χ2n) is 5.41. The van der Waals surface area contributed by atoms with Crippen molar-refractivity contribution >= 4 is 22.8 Å². The second-order valence-corrected chi connectivity index (χ2v) is 5.41. The van der Waals surface area contributed by atoms with E-state index in [9.17, 15) is 9.59 Å². The number of aromatic nitrogens is 1. The number of nitrogens with one attached hydrogen (secondary N) is 1. The SMILES string of the molecule is O=C(N[C@@H]1CC[C@H](C(=O)O)C1)c1ccc2ccccc2n1. The molecule has 0 bridgehead atoms. The Balaban J connectivity index is 1.71. The molecule has 1 aromatic heterocycles. The van der Waals surface area contributed by atoms with Gasteiger partial charge in [0.2, 0.25) is 0 Å². The molecule has 3 rings (SSSR count). The third kappa shape index (κ3) is 2.86. The van der Waals surface area contributed by atoms with Crippen LogP contribution in [0.1, 0.15) is 29.8 Å². The summed E-state index contributed by atoms with van der Waals surface area (Å²) in [5.41, 5.74) is 1.15. The van der Waals surface area contributed by atoms with E-state index in [1.54, 1.807) is 6.07 Å². The number of carboxylic acids is 1. The van der Waals surface area contributed by atoms with Crippen LogP contribution in [0.15, 0.2) is 36.4 Å². The van der Waals surface area contributed by atoms with Gasteiger partial charge in [-0.2, -0.15) is 0 Å². The van der Waals surface area contributed by atoms with Crippen LogP contribution in [-0.4, -0.2) is 28.0 Å². The number of carboxylic acid groups (broad SMARTS) is 1. The number of hydrogen-bond acceptors (Lipinski definition) is 3. The quantitative estimate of drug-likeness (QED) is 0.905. The number of amides is 1. The Morgan fingerprint density at radius 2 is 1.95 bits per heavy atom. The highest BCUT2D eigenvalue weighted by Crippen LogP contribution is 2.25. The third-order valence-corrected chi connectivity index (χ3v) is 3.95. The number of pyridine rings is 1. The number of rotatable bonds is 3. The number of carbonyl (C=O) groups is 2. The van der Waals surface area contributed by atoms with E-state index in [0.29, 0.717) is 25.0 Å². The standard InChI is InChI=1S/C16H16N2O3/c19-15(17-12-7-5-11(9-12)16(20)21)14-8-6-10-3-1-2-4-13(10)18-14/h1-4,6,8,11-12H,5,7,9H2,(H,17,19)(H,20,21)/t11-,12+/m0/s1. The van der Waals surface area contributed by atoms with Gasteiger partial charge < -0.3 is 10.4 Å². The third-order valence-electron chi connectivity index (χ3n) is 3.95. The van der Waals surface area contributed by atoms with Crippen LogP contribution in [0.3, 0.4) is 0 Å². The van der Waals surface area contributed by atoms with Crippen molar-refractivity contribution in [2.75, 3.05) is 0 Å². The van der Waals surface area contributed by atoms with Crippen LogP contribution in [0, 0.1) is 5.92 Å². The lowest BCUT2D eigenvalue weighted by atomic mass is 10.1. The molecular weight excluding hydrogens is 268 g/mol. The van der Waals surface area contributed by atoms with Gasteiger partial charge in [-0.25, -0.2) is 4.98 Å². The molecule has 1 heterocycles. The maximum atomic E-state index is 12.2. The van der Waals surface area contributed by atoms with Crippen molar-refractivity contribution in [3.8, 4) is 0 Å². The normalized spacial score (nSPS) is 21.3. The monoisotopic (exact) mass is 284 g/mol. The molecule has 1 aliphatic rings. The summed E-state index contributed by atoms with van der Waals surface area (Å²) < 4.78 is 0. The van der Waals surface area contributed by atoms with Crippen LogP contribution in [0.5, 0.6) is 0 Å². The molecule has 1 saturated carbocycles. The fourth-order valence-corrected chi connectivity index (χ4v) is 2.79. The lowest BCUT2D eigenvalue weighted by molar-refractivity contribution is -0.141. The Labute approximate surface area is 122 Å². The van der Waals surface area contributed by atoms with Gasteiger partial charge in [-0.3, -0.25) is 9.59 Å². The maximum absolute atomic E-state index is 12.2. The van der Waals surface area contributed by atoms with Gasteiger partial charge in [0.1, 0.15) is 5.69 Å². The highest BCUT2D eigenvalue weighted by atomic mass is 16.4. The molecule has 1 amide bonds. The van der Waals surface area contributed by atoms with Crippen molar-refractivity contribution in [2.45, 2.75) is 25.3 Å². The molecule has 0 spiro atoms. The van der Waals surface area contributed by atoms with Crippen molar-refractivity contribution in [3.63, 3.8) is 0 Å². The first kappa shape index (κ1) is 13.5. The highest BCUT2D eigenvalue weighted by molar-refractivity contribution is 5.95. The van der Waals surface area contributed by atoms with Crippen LogP contribution in [-0.2, 0) is 4.79 Å². The summed E-state index contributed by atoms with van der Waals surface area (Å²) in [6.45, 7) is 0. The van der Waals surface area contributed by atoms with E-state index >= 15 is 0 Å². The second kappa shape index (κ2) is 5.52. The van der Waals surface area contributed by atoms with Gasteiger partial charge in [0, 0.05) is 11.4 Å². The molecule has 1 fully saturated rings. The largest absolute Gasteiger partial charge is 0.481 e. The van der Waals surface area contributed by atoms with E-state index in [0.717, 1.165) is 10.9 Å². The molecule has 2 N–H and O–H groups in total. The zero-order valence-electron chi connectivity index (χ0n) is 11.5. The summed E-state index contributed by atoms with van der Waals surface area (Å²) >= 11 is 0. The molecule has 0 unspecified atom stereocenters. The van der Waals surface area contributed by atoms with Crippen LogP contribution in [0.2, 0.25) is 0 Å². The Bertz CT molecular complexity index is 699. The first-order valence-electron chi connectivity index (χ1n) is 7.03. The zero-order valence-corrected chi connectivity index (χ0v) is 11.5. The van der Waals surface area contributed by atoms with E-state index in [-0.39, 0.29) is 17.9 Å². The molecule has 5 nitrogen and oxygen atoms in total. The van der Waals surface area contributed by atoms with Crippen LogP contribution in [0.4, 0.5) is 0 Å². The van der Waals surface area contributed by atoms with E-state index in [1.807, 2.05) is 30.3 Å². The molecular formula is C16H16N2O3. The number of carbonyl (C=O) groups excluding carboxylic acids is 1. The molecule has 2 atom stereocenters. The van der Waals surface area contributed by atoms with E-state index in [4.69, 9.17) is 5.11 Å². The first-order valence-corrected chi connectivity index (χ1v) is 7.03. The molecule has 108 valence electrons. The summed E-state index contributed by atoms with van der Waals surface area (Å²) in [6.07, 6.45) is 1.82. The first-order chi connectivity index (χ1) is 10.1. The molecule has 2 aromatic rings. The molecule has 1 aliphatic carbocycles. The fraction of sp³-hybridized carbons (Fsp3) is 0.312. The van der Waals surface area contributed by atoms with E-state index in [2.05, 4.69) is 10.3 Å². The lowest BCUT2D eigenvalue weighted by Gasteiger charge is -2.12.